The highest BCUT2D eigenvalue weighted by molar-refractivity contribution is 7.22. The molecule has 27 heavy (non-hydrogen) atoms. The van der Waals surface area contributed by atoms with Crippen LogP contribution in [-0.2, 0) is 4.74 Å². The van der Waals surface area contributed by atoms with E-state index in [4.69, 9.17) is 9.47 Å². The molecule has 9 heteroatoms. The van der Waals surface area contributed by atoms with E-state index >= 15 is 0 Å². The maximum absolute atomic E-state index is 11.7. The van der Waals surface area contributed by atoms with E-state index in [0.29, 0.717) is 23.2 Å². The third-order valence-electron chi connectivity index (χ3n) is 3.63. The maximum Gasteiger partial charge on any atom is 0.269 e. The van der Waals surface area contributed by atoms with Crippen LogP contribution >= 0.6 is 11.3 Å². The summed E-state index contributed by atoms with van der Waals surface area (Å²) in [5, 5.41) is 16.0. The van der Waals surface area contributed by atoms with Gasteiger partial charge in [-0.2, -0.15) is 0 Å². The van der Waals surface area contributed by atoms with Crippen molar-refractivity contribution in [2.75, 3.05) is 32.6 Å². The standard InChI is InChI=1S/C18H20N4O4S/c1-19-17(24)15-7-13(5-6-20-15)26-12-3-4-14-16(8-12)27-18(22-14)21-9-11(23)10-25-2/h3-8,11,23H,9-10H2,1-2H3,(H,19,24)(H,21,22). The summed E-state index contributed by atoms with van der Waals surface area (Å²) >= 11 is 1.46. The van der Waals surface area contributed by atoms with Crippen LogP contribution < -0.4 is 15.4 Å². The molecule has 1 unspecified atom stereocenters. The van der Waals surface area contributed by atoms with Crippen LogP contribution in [0.3, 0.4) is 0 Å². The lowest BCUT2D eigenvalue weighted by Crippen LogP contribution is -2.23. The molecule has 3 rings (SSSR count). The number of ether oxygens (including phenoxy) is 2. The van der Waals surface area contributed by atoms with Crippen LogP contribution in [0.2, 0.25) is 0 Å². The predicted molar refractivity (Wildman–Crippen MR) is 104 cm³/mol. The summed E-state index contributed by atoms with van der Waals surface area (Å²) in [5.74, 6) is 0.879. The number of carbonyl (C=O) groups is 1. The number of amides is 1. The molecule has 3 aromatic rings. The Balaban J connectivity index is 1.72. The molecular formula is C18H20N4O4S. The zero-order valence-electron chi connectivity index (χ0n) is 14.9. The average molecular weight is 388 g/mol. The molecule has 8 nitrogen and oxygen atoms in total. The molecule has 3 N–H and O–H groups in total. The molecule has 1 aromatic carbocycles. The van der Waals surface area contributed by atoms with Gasteiger partial charge in [-0.25, -0.2) is 4.98 Å². The van der Waals surface area contributed by atoms with Crippen LogP contribution in [0.4, 0.5) is 5.13 Å². The number of anilines is 1. The number of carbonyl (C=O) groups excluding carboxylic acids is 1. The molecule has 0 fully saturated rings. The van der Waals surface area contributed by atoms with Gasteiger partial charge in [-0.3, -0.25) is 9.78 Å². The van der Waals surface area contributed by atoms with E-state index in [1.807, 2.05) is 18.2 Å². The monoisotopic (exact) mass is 388 g/mol. The lowest BCUT2D eigenvalue weighted by Gasteiger charge is -2.09. The highest BCUT2D eigenvalue weighted by atomic mass is 32.1. The largest absolute Gasteiger partial charge is 0.457 e. The number of aliphatic hydroxyl groups excluding tert-OH is 1. The Hall–Kier alpha value is -2.75. The molecule has 0 aliphatic rings. The topological polar surface area (TPSA) is 106 Å². The van der Waals surface area contributed by atoms with Crippen LogP contribution in [0.25, 0.3) is 10.2 Å². The number of nitrogens with one attached hydrogen (secondary N) is 2. The lowest BCUT2D eigenvalue weighted by atomic mass is 10.3. The number of hydrogen-bond donors (Lipinski definition) is 3. The van der Waals surface area contributed by atoms with Crippen LogP contribution in [0.15, 0.2) is 36.5 Å². The number of benzene rings is 1. The summed E-state index contributed by atoms with van der Waals surface area (Å²) in [5.41, 5.74) is 1.12. The predicted octanol–water partition coefficient (Wildman–Crippen LogP) is 2.26. The van der Waals surface area contributed by atoms with Crippen LogP contribution in [-0.4, -0.2) is 54.4 Å². The van der Waals surface area contributed by atoms with Crippen molar-refractivity contribution in [3.05, 3.63) is 42.2 Å². The fraction of sp³-hybridized carbons (Fsp3) is 0.278. The molecule has 1 atom stereocenters. The van der Waals surface area contributed by atoms with Gasteiger partial charge >= 0.3 is 0 Å². The molecule has 2 heterocycles. The van der Waals surface area contributed by atoms with Gasteiger partial charge in [0, 0.05) is 39.0 Å². The zero-order chi connectivity index (χ0) is 19.2. The number of methoxy groups -OCH3 is 1. The number of nitrogens with zero attached hydrogens (tertiary/aromatic N) is 2. The van der Waals surface area contributed by atoms with Gasteiger partial charge in [-0.1, -0.05) is 11.3 Å². The Kier molecular flexibility index (Phi) is 6.17. The first-order valence-electron chi connectivity index (χ1n) is 8.26. The molecule has 0 radical (unpaired) electrons. The van der Waals surface area contributed by atoms with Crippen molar-refractivity contribution in [1.82, 2.24) is 15.3 Å². The molecule has 1 amide bonds. The lowest BCUT2D eigenvalue weighted by molar-refractivity contribution is 0.0727. The van der Waals surface area contributed by atoms with E-state index in [1.54, 1.807) is 26.3 Å². The third-order valence-corrected chi connectivity index (χ3v) is 4.61. The summed E-state index contributed by atoms with van der Waals surface area (Å²) < 4.78 is 11.7. The number of hydrogen-bond acceptors (Lipinski definition) is 8. The minimum Gasteiger partial charge on any atom is -0.457 e. The summed E-state index contributed by atoms with van der Waals surface area (Å²) in [6.45, 7) is 0.621. The molecule has 0 saturated carbocycles. The average Bonchev–Trinajstić information content (AvgIpc) is 3.08. The first kappa shape index (κ1) is 19.0. The van der Waals surface area contributed by atoms with Crippen molar-refractivity contribution in [3.8, 4) is 11.5 Å². The van der Waals surface area contributed by atoms with E-state index in [0.717, 1.165) is 10.2 Å². The molecular weight excluding hydrogens is 368 g/mol. The molecule has 0 bridgehead atoms. The van der Waals surface area contributed by atoms with Crippen molar-refractivity contribution in [2.24, 2.45) is 0 Å². The molecule has 0 spiro atoms. The zero-order valence-corrected chi connectivity index (χ0v) is 15.7. The second-order valence-corrected chi connectivity index (χ2v) is 6.73. The van der Waals surface area contributed by atoms with E-state index in [-0.39, 0.29) is 18.2 Å². The van der Waals surface area contributed by atoms with E-state index in [9.17, 15) is 9.90 Å². The number of aliphatic hydroxyl groups is 1. The van der Waals surface area contributed by atoms with Crippen molar-refractivity contribution in [2.45, 2.75) is 6.10 Å². The fourth-order valence-electron chi connectivity index (χ4n) is 2.36. The highest BCUT2D eigenvalue weighted by Crippen LogP contribution is 2.31. The molecule has 0 aliphatic carbocycles. The summed E-state index contributed by atoms with van der Waals surface area (Å²) in [6, 6.07) is 8.82. The van der Waals surface area contributed by atoms with E-state index < -0.39 is 6.10 Å². The van der Waals surface area contributed by atoms with Crippen molar-refractivity contribution >= 4 is 32.6 Å². The van der Waals surface area contributed by atoms with Gasteiger partial charge in [0.25, 0.3) is 5.91 Å². The number of aromatic nitrogens is 2. The smallest absolute Gasteiger partial charge is 0.269 e. The fourth-order valence-corrected chi connectivity index (χ4v) is 3.26. The van der Waals surface area contributed by atoms with E-state index in [1.165, 1.54) is 17.5 Å². The van der Waals surface area contributed by atoms with Crippen LogP contribution in [0.5, 0.6) is 11.5 Å². The molecule has 0 saturated heterocycles. The van der Waals surface area contributed by atoms with Gasteiger partial charge in [-0.15, -0.1) is 0 Å². The van der Waals surface area contributed by atoms with Crippen molar-refractivity contribution in [3.63, 3.8) is 0 Å². The second-order valence-electron chi connectivity index (χ2n) is 5.70. The highest BCUT2D eigenvalue weighted by Gasteiger charge is 2.10. The minimum absolute atomic E-state index is 0.264. The van der Waals surface area contributed by atoms with Gasteiger partial charge in [-0.05, 0) is 18.2 Å². The van der Waals surface area contributed by atoms with Gasteiger partial charge in [0.05, 0.1) is 22.9 Å². The SMILES string of the molecule is CNC(=O)c1cc(Oc2ccc3nc(NCC(O)COC)sc3c2)ccn1. The van der Waals surface area contributed by atoms with Crippen molar-refractivity contribution < 1.29 is 19.4 Å². The Morgan fingerprint density at radius 1 is 1.30 bits per heavy atom. The first-order valence-corrected chi connectivity index (χ1v) is 9.08. The number of rotatable bonds is 8. The summed E-state index contributed by atoms with van der Waals surface area (Å²) in [4.78, 5) is 20.2. The first-order chi connectivity index (χ1) is 13.1. The number of thiazole rings is 1. The van der Waals surface area contributed by atoms with Gasteiger partial charge < -0.3 is 25.2 Å². The van der Waals surface area contributed by atoms with Crippen molar-refractivity contribution in [1.29, 1.82) is 0 Å². The van der Waals surface area contributed by atoms with Gasteiger partial charge in [0.2, 0.25) is 0 Å². The Bertz CT molecular complexity index is 931. The van der Waals surface area contributed by atoms with Gasteiger partial charge in [0.1, 0.15) is 17.2 Å². The maximum atomic E-state index is 11.7. The van der Waals surface area contributed by atoms with E-state index in [2.05, 4.69) is 20.6 Å². The third kappa shape index (κ3) is 4.91. The Labute approximate surface area is 160 Å². The van der Waals surface area contributed by atoms with Crippen LogP contribution in [0.1, 0.15) is 10.5 Å². The quantitative estimate of drug-likeness (QED) is 0.543. The Morgan fingerprint density at radius 2 is 2.11 bits per heavy atom. The minimum atomic E-state index is -0.595. The van der Waals surface area contributed by atoms with Gasteiger partial charge in [0.15, 0.2) is 5.13 Å². The summed E-state index contributed by atoms with van der Waals surface area (Å²) in [7, 11) is 3.10. The number of fused-ring (bicyclic) bond motifs is 1. The summed E-state index contributed by atoms with van der Waals surface area (Å²) in [6.07, 6.45) is 0.931. The van der Waals surface area contributed by atoms with Crippen LogP contribution in [0, 0.1) is 0 Å². The molecule has 0 aliphatic heterocycles. The number of pyridine rings is 1. The normalized spacial score (nSPS) is 12.0. The molecule has 142 valence electrons. The second kappa shape index (κ2) is 8.76. The Morgan fingerprint density at radius 3 is 2.89 bits per heavy atom. The molecule has 2 aromatic heterocycles.